The molecule has 1 aromatic carbocycles. The van der Waals surface area contributed by atoms with E-state index in [1.165, 1.54) is 12.1 Å². The Balaban J connectivity index is 1.67. The summed E-state index contributed by atoms with van der Waals surface area (Å²) in [5.41, 5.74) is 0. The van der Waals surface area contributed by atoms with Crippen LogP contribution in [0.1, 0.15) is 0 Å². The Kier molecular flexibility index (Phi) is 5.31. The van der Waals surface area contributed by atoms with Gasteiger partial charge in [0, 0.05) is 38.8 Å². The number of halogens is 1. The Morgan fingerprint density at radius 2 is 2.05 bits per heavy atom. The molecule has 1 saturated heterocycles. The monoisotopic (exact) mass is 282 g/mol. The third-order valence-corrected chi connectivity index (χ3v) is 3.33. The largest absolute Gasteiger partial charge is 0.492 e. The molecule has 0 spiro atoms. The maximum absolute atomic E-state index is 13.0. The van der Waals surface area contributed by atoms with E-state index < -0.39 is 6.61 Å². The lowest BCUT2D eigenvalue weighted by Gasteiger charge is -2.34. The second kappa shape index (κ2) is 7.21. The summed E-state index contributed by atoms with van der Waals surface area (Å²) in [5.74, 6) is -0.00150. The lowest BCUT2D eigenvalue weighted by molar-refractivity contribution is -0.135. The smallest absolute Gasteiger partial charge is 0.248 e. The molecule has 0 bridgehead atoms. The van der Waals surface area contributed by atoms with Gasteiger partial charge < -0.3 is 14.7 Å². The molecule has 0 unspecified atom stereocenters. The molecule has 20 heavy (non-hydrogen) atoms. The van der Waals surface area contributed by atoms with Gasteiger partial charge in [-0.15, -0.1) is 0 Å². The summed E-state index contributed by atoms with van der Waals surface area (Å²) in [6.45, 7) is 3.56. The van der Waals surface area contributed by atoms with Crippen LogP contribution in [0.3, 0.4) is 0 Å². The molecule has 110 valence electrons. The van der Waals surface area contributed by atoms with Gasteiger partial charge in [-0.2, -0.15) is 0 Å². The number of aliphatic hydroxyl groups is 1. The van der Waals surface area contributed by atoms with E-state index >= 15 is 0 Å². The average Bonchev–Trinajstić information content (AvgIpc) is 2.47. The maximum atomic E-state index is 13.0. The minimum Gasteiger partial charge on any atom is -0.492 e. The van der Waals surface area contributed by atoms with E-state index in [4.69, 9.17) is 9.84 Å². The van der Waals surface area contributed by atoms with Crippen molar-refractivity contribution in [2.75, 3.05) is 45.9 Å². The number of amides is 1. The van der Waals surface area contributed by atoms with Crippen molar-refractivity contribution in [3.05, 3.63) is 30.1 Å². The van der Waals surface area contributed by atoms with E-state index in [1.54, 1.807) is 17.0 Å². The fourth-order valence-corrected chi connectivity index (χ4v) is 2.17. The van der Waals surface area contributed by atoms with Gasteiger partial charge in [-0.05, 0) is 12.1 Å². The molecule has 1 aliphatic heterocycles. The first-order chi connectivity index (χ1) is 9.69. The molecule has 1 aliphatic rings. The number of hydrogen-bond donors (Lipinski definition) is 1. The van der Waals surface area contributed by atoms with Gasteiger partial charge in [0.05, 0.1) is 0 Å². The number of hydrogen-bond acceptors (Lipinski definition) is 4. The van der Waals surface area contributed by atoms with Gasteiger partial charge in [-0.1, -0.05) is 6.07 Å². The van der Waals surface area contributed by atoms with E-state index in [0.717, 1.165) is 19.6 Å². The van der Waals surface area contributed by atoms with Crippen LogP contribution in [0, 0.1) is 5.82 Å². The standard InChI is InChI=1S/C14H19FN2O3/c15-12-2-1-3-13(10-12)20-9-8-16-4-6-17(7-5-16)14(19)11-18/h1-3,10,18H,4-9,11H2. The summed E-state index contributed by atoms with van der Waals surface area (Å²) in [5, 5.41) is 8.79. The normalized spacial score (nSPS) is 16.2. The molecule has 1 heterocycles. The fraction of sp³-hybridized carbons (Fsp3) is 0.500. The number of rotatable bonds is 5. The molecule has 1 aromatic rings. The molecule has 1 amide bonds. The van der Waals surface area contributed by atoms with E-state index in [-0.39, 0.29) is 11.7 Å². The van der Waals surface area contributed by atoms with Crippen molar-refractivity contribution in [2.24, 2.45) is 0 Å². The van der Waals surface area contributed by atoms with Crippen LogP contribution in [0.5, 0.6) is 5.75 Å². The van der Waals surface area contributed by atoms with Crippen molar-refractivity contribution >= 4 is 5.91 Å². The Bertz CT molecular complexity index is 448. The van der Waals surface area contributed by atoms with Gasteiger partial charge in [0.1, 0.15) is 24.8 Å². The molecule has 0 saturated carbocycles. The lowest BCUT2D eigenvalue weighted by atomic mass is 10.3. The predicted octanol–water partition coefficient (Wildman–Crippen LogP) is 0.341. The second-order valence-corrected chi connectivity index (χ2v) is 4.69. The van der Waals surface area contributed by atoms with Gasteiger partial charge in [0.15, 0.2) is 0 Å². The maximum Gasteiger partial charge on any atom is 0.248 e. The summed E-state index contributed by atoms with van der Waals surface area (Å²) in [4.78, 5) is 15.1. The third kappa shape index (κ3) is 4.18. The van der Waals surface area contributed by atoms with E-state index in [2.05, 4.69) is 4.90 Å². The Morgan fingerprint density at radius 3 is 2.70 bits per heavy atom. The number of piperazine rings is 1. The van der Waals surface area contributed by atoms with Crippen molar-refractivity contribution in [2.45, 2.75) is 0 Å². The summed E-state index contributed by atoms with van der Waals surface area (Å²) in [7, 11) is 0. The van der Waals surface area contributed by atoms with Gasteiger partial charge in [0.25, 0.3) is 0 Å². The number of benzene rings is 1. The summed E-state index contributed by atoms with van der Waals surface area (Å²) in [6, 6.07) is 6.08. The van der Waals surface area contributed by atoms with Gasteiger partial charge in [-0.3, -0.25) is 9.69 Å². The molecule has 1 fully saturated rings. The Hall–Kier alpha value is -1.66. The average molecular weight is 282 g/mol. The predicted molar refractivity (Wildman–Crippen MR) is 72.0 cm³/mol. The zero-order valence-electron chi connectivity index (χ0n) is 11.3. The fourth-order valence-electron chi connectivity index (χ4n) is 2.17. The molecular weight excluding hydrogens is 263 g/mol. The van der Waals surface area contributed by atoms with E-state index in [1.807, 2.05) is 0 Å². The zero-order valence-corrected chi connectivity index (χ0v) is 11.3. The lowest BCUT2D eigenvalue weighted by Crippen LogP contribution is -2.50. The molecule has 5 nitrogen and oxygen atoms in total. The molecule has 6 heteroatoms. The minimum absolute atomic E-state index is 0.222. The number of nitrogens with zero attached hydrogens (tertiary/aromatic N) is 2. The number of carbonyl (C=O) groups excluding carboxylic acids is 1. The van der Waals surface area contributed by atoms with Crippen molar-refractivity contribution in [3.8, 4) is 5.75 Å². The van der Waals surface area contributed by atoms with Gasteiger partial charge in [-0.25, -0.2) is 4.39 Å². The molecule has 0 aliphatic carbocycles. The van der Waals surface area contributed by atoms with E-state index in [9.17, 15) is 9.18 Å². The highest BCUT2D eigenvalue weighted by Crippen LogP contribution is 2.12. The van der Waals surface area contributed by atoms with Crippen LogP contribution in [-0.4, -0.2) is 66.8 Å². The van der Waals surface area contributed by atoms with Crippen LogP contribution in [0.25, 0.3) is 0 Å². The van der Waals surface area contributed by atoms with Crippen molar-refractivity contribution in [1.82, 2.24) is 9.80 Å². The van der Waals surface area contributed by atoms with Crippen molar-refractivity contribution in [1.29, 1.82) is 0 Å². The van der Waals surface area contributed by atoms with Crippen LogP contribution < -0.4 is 4.74 Å². The van der Waals surface area contributed by atoms with Crippen LogP contribution in [-0.2, 0) is 4.79 Å². The molecule has 0 radical (unpaired) electrons. The molecular formula is C14H19FN2O3. The Labute approximate surface area is 117 Å². The van der Waals surface area contributed by atoms with Crippen LogP contribution in [0.4, 0.5) is 4.39 Å². The van der Waals surface area contributed by atoms with Crippen molar-refractivity contribution < 1.29 is 19.0 Å². The summed E-state index contributed by atoms with van der Waals surface area (Å²) < 4.78 is 18.4. The highest BCUT2D eigenvalue weighted by molar-refractivity contribution is 5.77. The van der Waals surface area contributed by atoms with Crippen LogP contribution >= 0.6 is 0 Å². The number of ether oxygens (including phenoxy) is 1. The topological polar surface area (TPSA) is 53.0 Å². The highest BCUT2D eigenvalue weighted by atomic mass is 19.1. The van der Waals surface area contributed by atoms with Gasteiger partial charge >= 0.3 is 0 Å². The first kappa shape index (κ1) is 14.7. The molecule has 0 atom stereocenters. The zero-order chi connectivity index (χ0) is 14.4. The minimum atomic E-state index is -0.428. The van der Waals surface area contributed by atoms with Crippen molar-refractivity contribution in [3.63, 3.8) is 0 Å². The third-order valence-electron chi connectivity index (χ3n) is 3.33. The number of carbonyl (C=O) groups is 1. The molecule has 2 rings (SSSR count). The first-order valence-corrected chi connectivity index (χ1v) is 6.68. The van der Waals surface area contributed by atoms with E-state index in [0.29, 0.717) is 25.4 Å². The second-order valence-electron chi connectivity index (χ2n) is 4.69. The molecule has 1 N–H and O–H groups in total. The molecule has 0 aromatic heterocycles. The highest BCUT2D eigenvalue weighted by Gasteiger charge is 2.19. The quantitative estimate of drug-likeness (QED) is 0.846. The van der Waals surface area contributed by atoms with Gasteiger partial charge in [0.2, 0.25) is 5.91 Å². The summed E-state index contributed by atoms with van der Waals surface area (Å²) in [6.07, 6.45) is 0. The SMILES string of the molecule is O=C(CO)N1CCN(CCOc2cccc(F)c2)CC1. The first-order valence-electron chi connectivity index (χ1n) is 6.68. The van der Waals surface area contributed by atoms with Crippen LogP contribution in [0.15, 0.2) is 24.3 Å². The summed E-state index contributed by atoms with van der Waals surface area (Å²) >= 11 is 0. The van der Waals surface area contributed by atoms with Crippen LogP contribution in [0.2, 0.25) is 0 Å². The Morgan fingerprint density at radius 1 is 1.30 bits per heavy atom. The number of aliphatic hydroxyl groups excluding tert-OH is 1.